The number of aliphatic carboxylic acids is 1. The van der Waals surface area contributed by atoms with E-state index in [1.165, 1.54) is 6.92 Å². The first-order valence-electron chi connectivity index (χ1n) is 4.08. The smallest absolute Gasteiger partial charge is 0.311 e. The van der Waals surface area contributed by atoms with Crippen molar-refractivity contribution in [2.24, 2.45) is 5.41 Å². The van der Waals surface area contributed by atoms with Crippen molar-refractivity contribution in [3.05, 3.63) is 0 Å². The Morgan fingerprint density at radius 3 is 2.50 bits per heavy atom. The predicted octanol–water partition coefficient (Wildman–Crippen LogP) is 0.0819. The maximum atomic E-state index is 11.0. The molecule has 1 saturated carbocycles. The average molecular weight is 169 g/mol. The Labute approximate surface area is 70.2 Å². The summed E-state index contributed by atoms with van der Waals surface area (Å²) in [6.45, 7) is 2.11. The fourth-order valence-corrected chi connectivity index (χ4v) is 2.15. The molecule has 0 spiro atoms. The molecule has 1 N–H and O–H groups in total. The maximum absolute atomic E-state index is 11.0. The van der Waals surface area contributed by atoms with Gasteiger partial charge in [0, 0.05) is 19.5 Å². The Kier molecular flexibility index (Phi) is 1.26. The fourth-order valence-electron chi connectivity index (χ4n) is 2.15. The molecular weight excluding hydrogens is 158 g/mol. The highest BCUT2D eigenvalue weighted by atomic mass is 16.4. The second-order valence-electron chi connectivity index (χ2n) is 3.64. The van der Waals surface area contributed by atoms with Gasteiger partial charge in [0.1, 0.15) is 0 Å². The van der Waals surface area contributed by atoms with Gasteiger partial charge < -0.3 is 10.0 Å². The van der Waals surface area contributed by atoms with Gasteiger partial charge in [0.2, 0.25) is 5.91 Å². The summed E-state index contributed by atoms with van der Waals surface area (Å²) >= 11 is 0. The van der Waals surface area contributed by atoms with Gasteiger partial charge in [0.25, 0.3) is 0 Å². The van der Waals surface area contributed by atoms with Gasteiger partial charge >= 0.3 is 5.97 Å². The van der Waals surface area contributed by atoms with Gasteiger partial charge in [-0.05, 0) is 12.8 Å². The van der Waals surface area contributed by atoms with Crippen LogP contribution in [0.2, 0.25) is 0 Å². The Morgan fingerprint density at radius 2 is 2.25 bits per heavy atom. The van der Waals surface area contributed by atoms with Crippen LogP contribution in [0, 0.1) is 5.41 Å². The van der Waals surface area contributed by atoms with E-state index in [0.717, 1.165) is 0 Å². The number of nitrogens with zero attached hydrogens (tertiary/aromatic N) is 1. The maximum Gasteiger partial charge on any atom is 0.311 e. The van der Waals surface area contributed by atoms with Crippen LogP contribution in [-0.4, -0.2) is 34.5 Å². The van der Waals surface area contributed by atoms with Gasteiger partial charge in [-0.1, -0.05) is 0 Å². The van der Waals surface area contributed by atoms with Gasteiger partial charge in [0.15, 0.2) is 0 Å². The minimum absolute atomic E-state index is 0.000579. The number of fused-ring (bicyclic) bond motifs is 1. The zero-order valence-corrected chi connectivity index (χ0v) is 6.91. The number of hydrogen-bond donors (Lipinski definition) is 1. The van der Waals surface area contributed by atoms with Gasteiger partial charge in [-0.25, -0.2) is 0 Å². The van der Waals surface area contributed by atoms with Crippen LogP contribution in [0.4, 0.5) is 0 Å². The summed E-state index contributed by atoms with van der Waals surface area (Å²) in [5, 5.41) is 8.88. The van der Waals surface area contributed by atoms with Gasteiger partial charge in [0.05, 0.1) is 5.41 Å². The van der Waals surface area contributed by atoms with Crippen LogP contribution in [0.25, 0.3) is 0 Å². The van der Waals surface area contributed by atoms with E-state index < -0.39 is 11.4 Å². The lowest BCUT2D eigenvalue weighted by Gasteiger charge is -2.13. The largest absolute Gasteiger partial charge is 0.481 e. The number of amides is 1. The molecule has 0 bridgehead atoms. The Bertz CT molecular complexity index is 263. The van der Waals surface area contributed by atoms with Crippen LogP contribution in [0.15, 0.2) is 0 Å². The van der Waals surface area contributed by atoms with Crippen molar-refractivity contribution in [1.82, 2.24) is 4.90 Å². The standard InChI is InChI=1S/C8H11NO3/c1-5(10)9-3-2-8(7(11)12)4-6(8)9/h6H,2-4H2,1H3,(H,11,12)/t6-,8-/m0/s1. The molecular formula is C8H11NO3. The molecule has 0 aromatic carbocycles. The summed E-state index contributed by atoms with van der Waals surface area (Å²) in [6, 6.07) is -0.00694. The molecule has 2 atom stereocenters. The third kappa shape index (κ3) is 0.722. The van der Waals surface area contributed by atoms with Gasteiger partial charge in [-0.2, -0.15) is 0 Å². The van der Waals surface area contributed by atoms with Crippen LogP contribution in [0.5, 0.6) is 0 Å². The van der Waals surface area contributed by atoms with E-state index in [9.17, 15) is 9.59 Å². The molecule has 12 heavy (non-hydrogen) atoms. The molecule has 66 valence electrons. The molecule has 0 unspecified atom stereocenters. The minimum atomic E-state index is -0.740. The summed E-state index contributed by atoms with van der Waals surface area (Å²) in [7, 11) is 0. The van der Waals surface area contributed by atoms with E-state index in [4.69, 9.17) is 5.11 Å². The first kappa shape index (κ1) is 7.58. The molecule has 2 aliphatic rings. The molecule has 0 aromatic heterocycles. The molecule has 1 aliphatic heterocycles. The monoisotopic (exact) mass is 169 g/mol. The van der Waals surface area contributed by atoms with Crippen LogP contribution >= 0.6 is 0 Å². The Balaban J connectivity index is 2.15. The Morgan fingerprint density at radius 1 is 1.58 bits per heavy atom. The first-order valence-corrected chi connectivity index (χ1v) is 4.08. The topological polar surface area (TPSA) is 57.6 Å². The average Bonchev–Trinajstić information content (AvgIpc) is 2.58. The number of carboxylic acid groups (broad SMARTS) is 1. The molecule has 1 aliphatic carbocycles. The van der Waals surface area contributed by atoms with E-state index >= 15 is 0 Å². The van der Waals surface area contributed by atoms with Crippen molar-refractivity contribution in [3.8, 4) is 0 Å². The van der Waals surface area contributed by atoms with Crippen molar-refractivity contribution >= 4 is 11.9 Å². The molecule has 0 aromatic rings. The zero-order chi connectivity index (χ0) is 8.93. The molecule has 4 nitrogen and oxygen atoms in total. The van der Waals surface area contributed by atoms with Crippen molar-refractivity contribution in [2.75, 3.05) is 6.54 Å². The lowest BCUT2D eigenvalue weighted by atomic mass is 10.1. The lowest BCUT2D eigenvalue weighted by Crippen LogP contribution is -2.28. The number of piperidine rings is 1. The summed E-state index contributed by atoms with van der Waals surface area (Å²) in [5.74, 6) is -0.739. The first-order chi connectivity index (χ1) is 5.58. The Hall–Kier alpha value is -1.06. The van der Waals surface area contributed by atoms with Crippen LogP contribution < -0.4 is 0 Å². The summed E-state index contributed by atoms with van der Waals surface area (Å²) in [4.78, 5) is 23.5. The van der Waals surface area contributed by atoms with Crippen LogP contribution in [0.1, 0.15) is 19.8 Å². The number of carbonyl (C=O) groups is 2. The van der Waals surface area contributed by atoms with E-state index in [-0.39, 0.29) is 11.9 Å². The summed E-state index contributed by atoms with van der Waals surface area (Å²) in [6.07, 6.45) is 1.29. The summed E-state index contributed by atoms with van der Waals surface area (Å²) < 4.78 is 0. The number of carbonyl (C=O) groups excluding carboxylic acids is 1. The van der Waals surface area contributed by atoms with Gasteiger partial charge in [-0.3, -0.25) is 9.59 Å². The summed E-state index contributed by atoms with van der Waals surface area (Å²) in [5.41, 5.74) is -0.564. The third-order valence-electron chi connectivity index (χ3n) is 3.04. The number of likely N-dealkylation sites (tertiary alicyclic amines) is 1. The van der Waals surface area contributed by atoms with E-state index in [0.29, 0.717) is 19.4 Å². The van der Waals surface area contributed by atoms with E-state index in [1.54, 1.807) is 4.90 Å². The quantitative estimate of drug-likeness (QED) is 0.604. The zero-order valence-electron chi connectivity index (χ0n) is 6.91. The highest BCUT2D eigenvalue weighted by molar-refractivity contribution is 5.84. The number of rotatable bonds is 1. The molecule has 1 amide bonds. The molecule has 2 rings (SSSR count). The van der Waals surface area contributed by atoms with Crippen LogP contribution in [0.3, 0.4) is 0 Å². The second-order valence-corrected chi connectivity index (χ2v) is 3.64. The normalized spacial score (nSPS) is 37.8. The highest BCUT2D eigenvalue weighted by Crippen LogP contribution is 2.57. The van der Waals surface area contributed by atoms with Crippen molar-refractivity contribution in [3.63, 3.8) is 0 Å². The molecule has 4 heteroatoms. The molecule has 0 radical (unpaired) electrons. The minimum Gasteiger partial charge on any atom is -0.481 e. The van der Waals surface area contributed by atoms with Crippen LogP contribution in [-0.2, 0) is 9.59 Å². The second kappa shape index (κ2) is 2.00. The van der Waals surface area contributed by atoms with Crippen molar-refractivity contribution in [2.45, 2.75) is 25.8 Å². The lowest BCUT2D eigenvalue weighted by molar-refractivity contribution is -0.143. The van der Waals surface area contributed by atoms with E-state index in [2.05, 4.69) is 0 Å². The molecule has 1 heterocycles. The van der Waals surface area contributed by atoms with Crippen molar-refractivity contribution in [1.29, 1.82) is 0 Å². The number of carboxylic acids is 1. The van der Waals surface area contributed by atoms with Gasteiger partial charge in [-0.15, -0.1) is 0 Å². The third-order valence-corrected chi connectivity index (χ3v) is 3.04. The highest BCUT2D eigenvalue weighted by Gasteiger charge is 2.67. The van der Waals surface area contributed by atoms with Crippen molar-refractivity contribution < 1.29 is 14.7 Å². The van der Waals surface area contributed by atoms with E-state index in [1.807, 2.05) is 0 Å². The predicted molar refractivity (Wildman–Crippen MR) is 40.5 cm³/mol. The fraction of sp³-hybridized carbons (Fsp3) is 0.750. The molecule has 1 saturated heterocycles. The number of hydrogen-bond acceptors (Lipinski definition) is 2. The SMILES string of the molecule is CC(=O)N1CC[C@]2(C(=O)O)C[C@H]12. The molecule has 2 fully saturated rings.